The first-order chi connectivity index (χ1) is 22.6. The van der Waals surface area contributed by atoms with Gasteiger partial charge in [-0.05, 0) is 91.3 Å². The number of nitrogens with zero attached hydrogens (tertiary/aromatic N) is 1. The van der Waals surface area contributed by atoms with E-state index in [2.05, 4.69) is 59.8 Å². The minimum Gasteiger partial charge on any atom is -0.456 e. The molecule has 10 nitrogen and oxygen atoms in total. The number of aliphatic hydroxyl groups is 1. The van der Waals surface area contributed by atoms with Gasteiger partial charge < -0.3 is 38.1 Å². The summed E-state index contributed by atoms with van der Waals surface area (Å²) in [6.07, 6.45) is 3.03. The van der Waals surface area contributed by atoms with Gasteiger partial charge in [0.05, 0.1) is 29.5 Å². The van der Waals surface area contributed by atoms with E-state index in [1.165, 1.54) is 6.08 Å². The highest BCUT2D eigenvalue weighted by atomic mass is 28.4. The molecule has 0 saturated carbocycles. The van der Waals surface area contributed by atoms with E-state index in [9.17, 15) is 14.7 Å². The molecule has 1 saturated heterocycles. The SMILES string of the molecule is CC[C@@H](O[Si](C)(C)C(C)(C)C)[C@@](C)(O)/C=C/C(=O)[C@H](C)C[C@@](C)(OC)[C@H](O[C@@H]1OC(C)CC(N(C)C)C1C)[C@@H](C)C1=C(C)C(=O)OC(C)(C)O1. The smallest absolute Gasteiger partial charge is 0.340 e. The maximum absolute atomic E-state index is 13.8. The van der Waals surface area contributed by atoms with Crippen LogP contribution in [0.2, 0.25) is 18.1 Å². The van der Waals surface area contributed by atoms with E-state index < -0.39 is 61.6 Å². The molecule has 3 unspecified atom stereocenters. The fourth-order valence-corrected chi connectivity index (χ4v) is 8.42. The minimum atomic E-state index is -2.17. The van der Waals surface area contributed by atoms with Gasteiger partial charge in [-0.1, -0.05) is 48.5 Å². The molecular formula is C39H71NO9Si. The molecule has 0 amide bonds. The van der Waals surface area contributed by atoms with Crippen LogP contribution in [0.1, 0.15) is 109 Å². The Kier molecular flexibility index (Phi) is 14.8. The van der Waals surface area contributed by atoms with Gasteiger partial charge in [0.25, 0.3) is 0 Å². The summed E-state index contributed by atoms with van der Waals surface area (Å²) in [5, 5.41) is 11.5. The maximum atomic E-state index is 13.8. The summed E-state index contributed by atoms with van der Waals surface area (Å²) in [6.45, 7) is 29.5. The van der Waals surface area contributed by atoms with E-state index in [0.29, 0.717) is 17.8 Å². The summed E-state index contributed by atoms with van der Waals surface area (Å²) in [5.74, 6) is -2.27. The number of methoxy groups -OCH3 is 1. The van der Waals surface area contributed by atoms with Crippen LogP contribution in [0.25, 0.3) is 0 Å². The van der Waals surface area contributed by atoms with E-state index >= 15 is 0 Å². The van der Waals surface area contributed by atoms with Gasteiger partial charge in [-0.25, -0.2) is 4.79 Å². The van der Waals surface area contributed by atoms with E-state index in [0.717, 1.165) is 6.42 Å². The Bertz CT molecular complexity index is 1240. The van der Waals surface area contributed by atoms with Crippen molar-refractivity contribution in [2.45, 2.75) is 175 Å². The van der Waals surface area contributed by atoms with Crippen LogP contribution in [-0.4, -0.2) is 98.9 Å². The summed E-state index contributed by atoms with van der Waals surface area (Å²) in [4.78, 5) is 28.9. The average molecular weight is 726 g/mol. The molecule has 1 fully saturated rings. The Hall–Kier alpha value is -1.60. The molecule has 11 heteroatoms. The van der Waals surface area contributed by atoms with Crippen molar-refractivity contribution in [1.82, 2.24) is 4.90 Å². The van der Waals surface area contributed by atoms with E-state index in [1.54, 1.807) is 40.9 Å². The maximum Gasteiger partial charge on any atom is 0.340 e. The fraction of sp³-hybridized carbons (Fsp3) is 0.846. The number of hydrogen-bond donors (Lipinski definition) is 1. The molecule has 0 radical (unpaired) electrons. The molecule has 2 aliphatic rings. The quantitative estimate of drug-likeness (QED) is 0.0982. The Morgan fingerprint density at radius 2 is 1.70 bits per heavy atom. The molecule has 0 aromatic rings. The summed E-state index contributed by atoms with van der Waals surface area (Å²) >= 11 is 0. The molecule has 2 rings (SSSR count). The second-order valence-corrected chi connectivity index (χ2v) is 22.3. The Labute approximate surface area is 304 Å². The van der Waals surface area contributed by atoms with Crippen LogP contribution in [0.4, 0.5) is 0 Å². The van der Waals surface area contributed by atoms with Crippen molar-refractivity contribution in [2.24, 2.45) is 17.8 Å². The first kappa shape index (κ1) is 44.6. The van der Waals surface area contributed by atoms with Crippen LogP contribution in [0, 0.1) is 17.8 Å². The molecule has 2 aliphatic heterocycles. The lowest BCUT2D eigenvalue weighted by Crippen LogP contribution is -2.56. The number of rotatable bonds is 16. The zero-order chi connectivity index (χ0) is 38.8. The second-order valence-electron chi connectivity index (χ2n) is 17.5. The zero-order valence-electron chi connectivity index (χ0n) is 34.6. The Balaban J connectivity index is 2.48. The first-order valence-corrected chi connectivity index (χ1v) is 21.3. The molecule has 1 N–H and O–H groups in total. The predicted molar refractivity (Wildman–Crippen MR) is 200 cm³/mol. The van der Waals surface area contributed by atoms with E-state index in [4.69, 9.17) is 28.1 Å². The third-order valence-corrected chi connectivity index (χ3v) is 15.8. The second kappa shape index (κ2) is 16.6. The van der Waals surface area contributed by atoms with Crippen molar-refractivity contribution in [3.8, 4) is 0 Å². The highest BCUT2D eigenvalue weighted by molar-refractivity contribution is 6.74. The monoisotopic (exact) mass is 725 g/mol. The number of hydrogen-bond acceptors (Lipinski definition) is 10. The number of carbonyl (C=O) groups is 2. The number of carbonyl (C=O) groups excluding carboxylic acids is 2. The average Bonchev–Trinajstić information content (AvgIpc) is 2.99. The van der Waals surface area contributed by atoms with Crippen molar-refractivity contribution in [1.29, 1.82) is 0 Å². The van der Waals surface area contributed by atoms with Gasteiger partial charge in [0.2, 0.25) is 5.79 Å². The summed E-state index contributed by atoms with van der Waals surface area (Å²) in [6, 6.07) is 0.222. The van der Waals surface area contributed by atoms with Crippen LogP contribution in [0.15, 0.2) is 23.5 Å². The van der Waals surface area contributed by atoms with Crippen molar-refractivity contribution < 1.29 is 42.8 Å². The Morgan fingerprint density at radius 3 is 2.20 bits per heavy atom. The van der Waals surface area contributed by atoms with Crippen LogP contribution in [-0.2, 0) is 37.7 Å². The van der Waals surface area contributed by atoms with E-state index in [-0.39, 0.29) is 35.3 Å². The first-order valence-electron chi connectivity index (χ1n) is 18.4. The number of ether oxygens (including phenoxy) is 5. The molecule has 0 spiro atoms. The van der Waals surface area contributed by atoms with Crippen LogP contribution < -0.4 is 0 Å². The third-order valence-electron chi connectivity index (χ3n) is 11.3. The standard InChI is InChI=1S/C39H71NO9Si/c1-19-31(49-50(17,18)36(7,8)9)38(12,43)21-20-30(41)24(2)23-39(13,44-16)33(27(5)32-28(6)34(42)48-37(10,11)47-32)46-35-26(4)29(40(14)15)22-25(3)45-35/h20-21,24-27,29,31,33,35,43H,19,22-23H2,1-18H3/b21-20+/t24-,25?,26?,27+,29?,31-,33-,35+,38+,39-/m1/s1. The van der Waals surface area contributed by atoms with Gasteiger partial charge in [-0.3, -0.25) is 4.79 Å². The predicted octanol–water partition coefficient (Wildman–Crippen LogP) is 7.40. The number of cyclic esters (lactones) is 1. The number of allylic oxidation sites excluding steroid dienone is 1. The largest absolute Gasteiger partial charge is 0.456 e. The summed E-state index contributed by atoms with van der Waals surface area (Å²) in [5.41, 5.74) is -2.01. The van der Waals surface area contributed by atoms with Crippen LogP contribution >= 0.6 is 0 Å². The van der Waals surface area contributed by atoms with Crippen molar-refractivity contribution >= 4 is 20.1 Å². The number of esters is 1. The van der Waals surface area contributed by atoms with Crippen molar-refractivity contribution in [3.63, 3.8) is 0 Å². The molecule has 0 aromatic carbocycles. The lowest BCUT2D eigenvalue weighted by atomic mass is 9.79. The van der Waals surface area contributed by atoms with Gasteiger partial charge >= 0.3 is 5.97 Å². The fourth-order valence-electron chi connectivity index (χ4n) is 6.95. The summed E-state index contributed by atoms with van der Waals surface area (Å²) < 4.78 is 38.1. The highest BCUT2D eigenvalue weighted by Crippen LogP contribution is 2.42. The molecule has 290 valence electrons. The normalized spacial score (nSPS) is 28.4. The molecule has 0 bridgehead atoms. The van der Waals surface area contributed by atoms with Crippen LogP contribution in [0.5, 0.6) is 0 Å². The lowest BCUT2D eigenvalue weighted by molar-refractivity contribution is -0.284. The molecule has 2 heterocycles. The van der Waals surface area contributed by atoms with Crippen LogP contribution in [0.3, 0.4) is 0 Å². The summed E-state index contributed by atoms with van der Waals surface area (Å²) in [7, 11) is 3.57. The Morgan fingerprint density at radius 1 is 1.12 bits per heavy atom. The molecular weight excluding hydrogens is 655 g/mol. The minimum absolute atomic E-state index is 0.0186. The van der Waals surface area contributed by atoms with Crippen molar-refractivity contribution in [2.75, 3.05) is 21.2 Å². The number of ketones is 1. The lowest BCUT2D eigenvalue weighted by Gasteiger charge is -2.48. The van der Waals surface area contributed by atoms with Gasteiger partial charge in [0.15, 0.2) is 20.4 Å². The van der Waals surface area contributed by atoms with Gasteiger partial charge in [0.1, 0.15) is 11.4 Å². The van der Waals surface area contributed by atoms with Crippen molar-refractivity contribution in [3.05, 3.63) is 23.5 Å². The molecule has 0 aromatic heterocycles. The molecule has 10 atom stereocenters. The van der Waals surface area contributed by atoms with E-state index in [1.807, 2.05) is 34.6 Å². The zero-order valence-corrected chi connectivity index (χ0v) is 35.6. The van der Waals surface area contributed by atoms with Gasteiger partial charge in [-0.2, -0.15) is 0 Å². The topological polar surface area (TPSA) is 113 Å². The highest BCUT2D eigenvalue weighted by Gasteiger charge is 2.49. The van der Waals surface area contributed by atoms with Gasteiger partial charge in [-0.15, -0.1) is 0 Å². The third kappa shape index (κ3) is 10.7. The molecule has 0 aliphatic carbocycles. The molecule has 50 heavy (non-hydrogen) atoms. The van der Waals surface area contributed by atoms with Gasteiger partial charge in [0, 0.05) is 44.8 Å².